The van der Waals surface area contributed by atoms with E-state index in [9.17, 15) is 13.2 Å². The predicted molar refractivity (Wildman–Crippen MR) is 97.7 cm³/mol. The Morgan fingerprint density at radius 2 is 2.04 bits per heavy atom. The van der Waals surface area contributed by atoms with Crippen LogP contribution in [0.3, 0.4) is 0 Å². The largest absolute Gasteiger partial charge is 0.369 e. The van der Waals surface area contributed by atoms with Gasteiger partial charge in [0, 0.05) is 16.8 Å². The third-order valence-corrected chi connectivity index (χ3v) is 6.10. The third kappa shape index (κ3) is 2.92. The van der Waals surface area contributed by atoms with Crippen molar-refractivity contribution in [2.24, 2.45) is 5.73 Å². The summed E-state index contributed by atoms with van der Waals surface area (Å²) in [5.41, 5.74) is 10.4. The van der Waals surface area contributed by atoms with Crippen LogP contribution in [-0.2, 0) is 34.1 Å². The highest BCUT2D eigenvalue weighted by atomic mass is 32.2. The van der Waals surface area contributed by atoms with Crippen LogP contribution < -0.4 is 10.5 Å². The summed E-state index contributed by atoms with van der Waals surface area (Å²) in [6.07, 6.45) is 3.28. The van der Waals surface area contributed by atoms with Gasteiger partial charge in [-0.15, -0.1) is 0 Å². The number of carbonyl (C=O) groups is 1. The SMILES string of the molecule is CNS(=O)(=O)c1ccc(-n2nc(CC(N)=O)c3c2-c2cn[nH]c2CC3)cc1. The second-order valence-corrected chi connectivity index (χ2v) is 8.18. The van der Waals surface area contributed by atoms with Crippen molar-refractivity contribution in [2.45, 2.75) is 24.2 Å². The standard InChI is InChI=1S/C17H18N6O3S/c1-19-27(25,26)11-4-2-10(3-5-11)23-17-12(15(22-23)8-16(18)24)6-7-14-13(17)9-20-21-14/h2-5,9,19H,6-8H2,1H3,(H2,18,24)(H,20,21). The van der Waals surface area contributed by atoms with Gasteiger partial charge in [-0.25, -0.2) is 17.8 Å². The number of carbonyl (C=O) groups excluding carboxylic acids is 1. The molecule has 0 atom stereocenters. The van der Waals surface area contributed by atoms with Gasteiger partial charge in [-0.05, 0) is 44.2 Å². The lowest BCUT2D eigenvalue weighted by Crippen LogP contribution is -2.18. The van der Waals surface area contributed by atoms with Crippen molar-refractivity contribution >= 4 is 15.9 Å². The van der Waals surface area contributed by atoms with Gasteiger partial charge in [0.2, 0.25) is 15.9 Å². The Balaban J connectivity index is 1.87. The molecule has 2 heterocycles. The monoisotopic (exact) mass is 386 g/mol. The molecule has 1 aliphatic rings. The zero-order chi connectivity index (χ0) is 19.2. The molecule has 3 aromatic rings. The minimum absolute atomic E-state index is 0.0503. The quantitative estimate of drug-likeness (QED) is 0.579. The Morgan fingerprint density at radius 1 is 1.30 bits per heavy atom. The van der Waals surface area contributed by atoms with Crippen LogP contribution in [0.25, 0.3) is 16.9 Å². The lowest BCUT2D eigenvalue weighted by Gasteiger charge is -2.15. The van der Waals surface area contributed by atoms with Gasteiger partial charge in [0.05, 0.1) is 34.6 Å². The molecule has 0 radical (unpaired) electrons. The molecular formula is C17H18N6O3S. The van der Waals surface area contributed by atoms with Gasteiger partial charge < -0.3 is 5.73 Å². The smallest absolute Gasteiger partial charge is 0.240 e. The van der Waals surface area contributed by atoms with Crippen molar-refractivity contribution in [1.82, 2.24) is 24.7 Å². The molecule has 4 N–H and O–H groups in total. The normalized spacial score (nSPS) is 13.2. The maximum Gasteiger partial charge on any atom is 0.240 e. The molecule has 0 aliphatic heterocycles. The number of nitrogens with two attached hydrogens (primary N) is 1. The van der Waals surface area contributed by atoms with E-state index in [1.165, 1.54) is 19.2 Å². The first-order valence-electron chi connectivity index (χ1n) is 8.36. The molecule has 27 heavy (non-hydrogen) atoms. The van der Waals surface area contributed by atoms with Crippen LogP contribution in [0.5, 0.6) is 0 Å². The molecule has 1 amide bonds. The summed E-state index contributed by atoms with van der Waals surface area (Å²) in [5.74, 6) is -0.448. The molecular weight excluding hydrogens is 368 g/mol. The first-order chi connectivity index (χ1) is 12.9. The van der Waals surface area contributed by atoms with E-state index in [1.807, 2.05) is 0 Å². The molecule has 140 valence electrons. The molecule has 0 spiro atoms. The highest BCUT2D eigenvalue weighted by molar-refractivity contribution is 7.89. The Kier molecular flexibility index (Phi) is 4.08. The number of H-pyrrole nitrogens is 1. The van der Waals surface area contributed by atoms with Crippen LogP contribution in [0.4, 0.5) is 0 Å². The molecule has 10 heteroatoms. The summed E-state index contributed by atoms with van der Waals surface area (Å²) in [5, 5.41) is 11.7. The van der Waals surface area contributed by atoms with Gasteiger partial charge >= 0.3 is 0 Å². The average molecular weight is 386 g/mol. The van der Waals surface area contributed by atoms with E-state index in [0.717, 1.165) is 35.4 Å². The minimum atomic E-state index is -3.52. The average Bonchev–Trinajstić information content (AvgIpc) is 3.26. The number of amides is 1. The number of aromatic nitrogens is 4. The fraction of sp³-hybridized carbons (Fsp3) is 0.235. The summed E-state index contributed by atoms with van der Waals surface area (Å²) >= 11 is 0. The van der Waals surface area contributed by atoms with Crippen LogP contribution in [0, 0.1) is 0 Å². The van der Waals surface area contributed by atoms with Crippen molar-refractivity contribution in [3.05, 3.63) is 47.4 Å². The molecule has 0 bridgehead atoms. The molecule has 0 fully saturated rings. The Bertz CT molecular complexity index is 1130. The Labute approximate surface area is 155 Å². The summed E-state index contributed by atoms with van der Waals surface area (Å²) in [7, 11) is -2.16. The molecule has 9 nitrogen and oxygen atoms in total. The van der Waals surface area contributed by atoms with Gasteiger partial charge in [-0.1, -0.05) is 0 Å². The molecule has 1 aromatic carbocycles. The number of aromatic amines is 1. The summed E-state index contributed by atoms with van der Waals surface area (Å²) in [4.78, 5) is 11.6. The number of primary amides is 1. The number of rotatable bonds is 5. The van der Waals surface area contributed by atoms with Crippen molar-refractivity contribution in [3.8, 4) is 16.9 Å². The second-order valence-electron chi connectivity index (χ2n) is 6.29. The lowest BCUT2D eigenvalue weighted by molar-refractivity contribution is -0.117. The van der Waals surface area contributed by atoms with E-state index in [0.29, 0.717) is 11.4 Å². The number of nitrogens with one attached hydrogen (secondary N) is 2. The predicted octanol–water partition coefficient (Wildman–Crippen LogP) is 0.297. The number of sulfonamides is 1. The lowest BCUT2D eigenvalue weighted by atomic mass is 9.93. The van der Waals surface area contributed by atoms with Crippen molar-refractivity contribution in [2.75, 3.05) is 7.05 Å². The second kappa shape index (κ2) is 6.32. The maximum absolute atomic E-state index is 11.9. The molecule has 4 rings (SSSR count). The first-order valence-corrected chi connectivity index (χ1v) is 9.84. The van der Waals surface area contributed by atoms with E-state index < -0.39 is 15.9 Å². The topological polar surface area (TPSA) is 136 Å². The summed E-state index contributed by atoms with van der Waals surface area (Å²) < 4.78 is 27.9. The van der Waals surface area contributed by atoms with Crippen LogP contribution >= 0.6 is 0 Å². The van der Waals surface area contributed by atoms with E-state index in [4.69, 9.17) is 5.73 Å². The highest BCUT2D eigenvalue weighted by Crippen LogP contribution is 2.36. The van der Waals surface area contributed by atoms with E-state index in [-0.39, 0.29) is 11.3 Å². The number of aryl methyl sites for hydroxylation is 1. The van der Waals surface area contributed by atoms with E-state index in [1.54, 1.807) is 23.0 Å². The van der Waals surface area contributed by atoms with Crippen LogP contribution in [0.1, 0.15) is 17.0 Å². The highest BCUT2D eigenvalue weighted by Gasteiger charge is 2.27. The van der Waals surface area contributed by atoms with Crippen molar-refractivity contribution < 1.29 is 13.2 Å². The van der Waals surface area contributed by atoms with Gasteiger partial charge in [0.15, 0.2) is 0 Å². The maximum atomic E-state index is 11.9. The van der Waals surface area contributed by atoms with Gasteiger partial charge in [0.1, 0.15) is 0 Å². The van der Waals surface area contributed by atoms with Gasteiger partial charge in [0.25, 0.3) is 0 Å². The fourth-order valence-electron chi connectivity index (χ4n) is 3.37. The zero-order valence-electron chi connectivity index (χ0n) is 14.6. The van der Waals surface area contributed by atoms with Crippen LogP contribution in [0.2, 0.25) is 0 Å². The number of fused-ring (bicyclic) bond motifs is 3. The van der Waals surface area contributed by atoms with Crippen molar-refractivity contribution in [3.63, 3.8) is 0 Å². The summed E-state index contributed by atoms with van der Waals surface area (Å²) in [6.45, 7) is 0. The number of hydrogen-bond donors (Lipinski definition) is 3. The van der Waals surface area contributed by atoms with Crippen LogP contribution in [-0.4, -0.2) is 41.4 Å². The van der Waals surface area contributed by atoms with Gasteiger partial charge in [-0.2, -0.15) is 10.2 Å². The van der Waals surface area contributed by atoms with Gasteiger partial charge in [-0.3, -0.25) is 9.89 Å². The third-order valence-electron chi connectivity index (χ3n) is 4.67. The van der Waals surface area contributed by atoms with E-state index in [2.05, 4.69) is 20.0 Å². The number of hydrogen-bond acceptors (Lipinski definition) is 5. The zero-order valence-corrected chi connectivity index (χ0v) is 15.4. The Morgan fingerprint density at radius 3 is 2.70 bits per heavy atom. The van der Waals surface area contributed by atoms with Crippen LogP contribution in [0.15, 0.2) is 35.4 Å². The Hall–Kier alpha value is -2.98. The molecule has 1 aliphatic carbocycles. The number of benzene rings is 1. The molecule has 2 aromatic heterocycles. The molecule has 0 saturated heterocycles. The van der Waals surface area contributed by atoms with E-state index >= 15 is 0 Å². The molecule has 0 unspecified atom stereocenters. The number of nitrogens with zero attached hydrogens (tertiary/aromatic N) is 3. The molecule has 0 saturated carbocycles. The summed E-state index contributed by atoms with van der Waals surface area (Å²) in [6, 6.07) is 6.39. The minimum Gasteiger partial charge on any atom is -0.369 e. The van der Waals surface area contributed by atoms with Crippen molar-refractivity contribution in [1.29, 1.82) is 0 Å². The fourth-order valence-corrected chi connectivity index (χ4v) is 4.10. The first kappa shape index (κ1) is 17.4.